The van der Waals surface area contributed by atoms with Gasteiger partial charge in [-0.3, -0.25) is 4.79 Å². The Morgan fingerprint density at radius 3 is 2.38 bits per heavy atom. The van der Waals surface area contributed by atoms with Crippen molar-refractivity contribution in [3.05, 3.63) is 71.2 Å². The van der Waals surface area contributed by atoms with Gasteiger partial charge >= 0.3 is 6.18 Å². The average molecular weight is 691 g/mol. The maximum Gasteiger partial charge on any atom is 0.416 e. The lowest BCUT2D eigenvalue weighted by molar-refractivity contribution is -0.186. The lowest BCUT2D eigenvalue weighted by Gasteiger charge is -2.47. The van der Waals surface area contributed by atoms with Gasteiger partial charge < -0.3 is 29.7 Å². The second-order valence-corrected chi connectivity index (χ2v) is 12.7. The molecule has 1 aromatic heterocycles. The van der Waals surface area contributed by atoms with Crippen molar-refractivity contribution in [1.29, 1.82) is 0 Å². The van der Waals surface area contributed by atoms with Gasteiger partial charge in [-0.15, -0.1) is 16.9 Å². The largest absolute Gasteiger partial charge is 0.416 e. The lowest BCUT2D eigenvalue weighted by Crippen LogP contribution is -2.56. The fourth-order valence-electron chi connectivity index (χ4n) is 6.06. The first kappa shape index (κ1) is 35.1. The highest BCUT2D eigenvalue weighted by molar-refractivity contribution is 8.00. The molecule has 0 spiro atoms. The molecule has 256 valence electrons. The number of aliphatic hydroxyl groups excluding tert-OH is 2. The standard InChI is InChI=1S/C30H32F6N4O6S/c1-15(42)39-9-7-29(44,8-10-39)27(17-5-3-4-6-18(17)30(34,35)36)47-28-26(45-2)24(25(43)22(14-41)46-28)40-13-21(37-38-40)16-11-19(31)23(33)20(32)12-16/h3-6,11-13,22,24-28,41,43-44H,7-10,14H2,1-2H3/t22-,24+,25+,26-,27?,28+/m1/s1. The third-order valence-electron chi connectivity index (χ3n) is 8.57. The van der Waals surface area contributed by atoms with Crippen LogP contribution in [0.1, 0.15) is 42.2 Å². The molecule has 10 nitrogen and oxygen atoms in total. The minimum absolute atomic E-state index is 0.0620. The van der Waals surface area contributed by atoms with Crippen LogP contribution in [0.3, 0.4) is 0 Å². The molecular formula is C30H32F6N4O6S. The van der Waals surface area contributed by atoms with Crippen LogP contribution < -0.4 is 0 Å². The molecule has 2 fully saturated rings. The molecule has 3 N–H and O–H groups in total. The van der Waals surface area contributed by atoms with Gasteiger partial charge in [-0.05, 0) is 36.6 Å². The molecule has 2 saturated heterocycles. The molecule has 2 aliphatic heterocycles. The normalized spacial score (nSPS) is 25.5. The molecule has 2 aliphatic rings. The number of hydrogen-bond donors (Lipinski definition) is 3. The van der Waals surface area contributed by atoms with Gasteiger partial charge in [0.25, 0.3) is 0 Å². The Bertz CT molecular complexity index is 1560. The van der Waals surface area contributed by atoms with E-state index in [0.717, 1.165) is 22.5 Å². The van der Waals surface area contributed by atoms with Crippen LogP contribution in [0.25, 0.3) is 11.3 Å². The number of amides is 1. The van der Waals surface area contributed by atoms with Crippen LogP contribution in [-0.2, 0) is 20.4 Å². The first-order chi connectivity index (χ1) is 22.2. The Labute approximate surface area is 269 Å². The van der Waals surface area contributed by atoms with Crippen molar-refractivity contribution in [3.8, 4) is 11.3 Å². The number of carbonyl (C=O) groups excluding carboxylic acids is 1. The number of likely N-dealkylation sites (tertiary alicyclic amines) is 1. The summed E-state index contributed by atoms with van der Waals surface area (Å²) < 4.78 is 97.1. The summed E-state index contributed by atoms with van der Waals surface area (Å²) in [7, 11) is 1.25. The monoisotopic (exact) mass is 690 g/mol. The number of thioether (sulfide) groups is 1. The number of alkyl halides is 3. The van der Waals surface area contributed by atoms with Crippen LogP contribution in [-0.4, -0.2) is 97.3 Å². The number of ether oxygens (including phenoxy) is 2. The Morgan fingerprint density at radius 1 is 1.17 bits per heavy atom. The van der Waals surface area contributed by atoms with Crippen LogP contribution >= 0.6 is 11.8 Å². The first-order valence-electron chi connectivity index (χ1n) is 14.5. The van der Waals surface area contributed by atoms with E-state index in [9.17, 15) is 46.5 Å². The molecule has 0 bridgehead atoms. The summed E-state index contributed by atoms with van der Waals surface area (Å²) in [4.78, 5) is 13.5. The first-order valence-corrected chi connectivity index (χ1v) is 15.5. The molecule has 2 aromatic carbocycles. The van der Waals surface area contributed by atoms with Crippen molar-refractivity contribution in [2.75, 3.05) is 26.8 Å². The van der Waals surface area contributed by atoms with E-state index in [2.05, 4.69) is 10.3 Å². The van der Waals surface area contributed by atoms with Gasteiger partial charge in [0.2, 0.25) is 5.91 Å². The van der Waals surface area contributed by atoms with E-state index in [4.69, 9.17) is 9.47 Å². The molecule has 1 amide bonds. The number of hydrogen-bond acceptors (Lipinski definition) is 9. The Morgan fingerprint density at radius 2 is 1.81 bits per heavy atom. The van der Waals surface area contributed by atoms with E-state index in [-0.39, 0.29) is 48.7 Å². The molecule has 3 aromatic rings. The van der Waals surface area contributed by atoms with Crippen molar-refractivity contribution < 1.29 is 55.9 Å². The fraction of sp³-hybridized carbons (Fsp3) is 0.500. The van der Waals surface area contributed by atoms with Crippen LogP contribution in [0.2, 0.25) is 0 Å². The second kappa shape index (κ2) is 13.7. The van der Waals surface area contributed by atoms with Gasteiger partial charge in [0.05, 0.1) is 29.2 Å². The third-order valence-corrected chi connectivity index (χ3v) is 10.2. The predicted molar refractivity (Wildman–Crippen MR) is 155 cm³/mol. The molecule has 0 radical (unpaired) electrons. The maximum absolute atomic E-state index is 14.3. The quantitative estimate of drug-likeness (QED) is 0.238. The number of nitrogens with zero attached hydrogens (tertiary/aromatic N) is 4. The van der Waals surface area contributed by atoms with Crippen LogP contribution in [0.5, 0.6) is 0 Å². The SMILES string of the molecule is CO[C@@H]1[C@@H](n2cc(-c3cc(F)c(F)c(F)c3)nn2)[C@@H](O)[C@@H](CO)O[C@H]1SC(c1ccccc1C(F)(F)F)C1(O)CCN(C(C)=O)CC1. The van der Waals surface area contributed by atoms with Crippen LogP contribution in [0.4, 0.5) is 26.3 Å². The van der Waals surface area contributed by atoms with E-state index in [1.165, 1.54) is 43.3 Å². The molecule has 3 heterocycles. The molecule has 6 atom stereocenters. The fourth-order valence-corrected chi connectivity index (χ4v) is 7.80. The van der Waals surface area contributed by atoms with Gasteiger partial charge in [0.15, 0.2) is 17.5 Å². The highest BCUT2D eigenvalue weighted by Crippen LogP contribution is 2.52. The highest BCUT2D eigenvalue weighted by atomic mass is 32.2. The maximum atomic E-state index is 14.3. The zero-order valence-electron chi connectivity index (χ0n) is 25.1. The Balaban J connectivity index is 1.54. The number of carbonyl (C=O) groups is 1. The van der Waals surface area contributed by atoms with Crippen molar-refractivity contribution in [2.24, 2.45) is 0 Å². The summed E-state index contributed by atoms with van der Waals surface area (Å²) in [5.74, 6) is -4.86. The Kier molecular flexibility index (Phi) is 10.2. The minimum atomic E-state index is -4.79. The smallest absolute Gasteiger partial charge is 0.394 e. The minimum Gasteiger partial charge on any atom is -0.394 e. The summed E-state index contributed by atoms with van der Waals surface area (Å²) in [6, 6.07) is 4.97. The van der Waals surface area contributed by atoms with Crippen LogP contribution in [0.15, 0.2) is 42.6 Å². The Hall–Kier alpha value is -3.22. The number of benzene rings is 2. The van der Waals surface area contributed by atoms with Crippen molar-refractivity contribution in [3.63, 3.8) is 0 Å². The molecule has 0 saturated carbocycles. The summed E-state index contributed by atoms with van der Waals surface area (Å²) >= 11 is 0.800. The summed E-state index contributed by atoms with van der Waals surface area (Å²) in [6.07, 6.45) is -7.75. The topological polar surface area (TPSA) is 130 Å². The predicted octanol–water partition coefficient (Wildman–Crippen LogP) is 3.86. The van der Waals surface area contributed by atoms with Crippen molar-refractivity contribution in [2.45, 2.75) is 66.6 Å². The highest BCUT2D eigenvalue weighted by Gasteiger charge is 2.52. The number of aliphatic hydroxyl groups is 3. The van der Waals surface area contributed by atoms with E-state index >= 15 is 0 Å². The number of piperidine rings is 1. The van der Waals surface area contributed by atoms with E-state index < -0.39 is 76.4 Å². The molecular weight excluding hydrogens is 658 g/mol. The van der Waals surface area contributed by atoms with Gasteiger partial charge in [0, 0.05) is 32.7 Å². The molecule has 47 heavy (non-hydrogen) atoms. The van der Waals surface area contributed by atoms with Crippen LogP contribution in [0, 0.1) is 17.5 Å². The van der Waals surface area contributed by atoms with Gasteiger partial charge in [-0.2, -0.15) is 13.2 Å². The zero-order valence-corrected chi connectivity index (χ0v) is 25.9. The third kappa shape index (κ3) is 7.00. The molecule has 1 unspecified atom stereocenters. The van der Waals surface area contributed by atoms with Crippen molar-refractivity contribution >= 4 is 17.7 Å². The van der Waals surface area contributed by atoms with Gasteiger partial charge in [0.1, 0.15) is 35.5 Å². The average Bonchev–Trinajstić information content (AvgIpc) is 3.52. The van der Waals surface area contributed by atoms with Gasteiger partial charge in [-0.1, -0.05) is 23.4 Å². The van der Waals surface area contributed by atoms with Crippen molar-refractivity contribution in [1.82, 2.24) is 19.9 Å². The number of aromatic nitrogens is 3. The summed E-state index contributed by atoms with van der Waals surface area (Å²) in [6.45, 7) is 0.795. The zero-order chi connectivity index (χ0) is 34.3. The lowest BCUT2D eigenvalue weighted by atomic mass is 9.83. The molecule has 0 aliphatic carbocycles. The number of methoxy groups -OCH3 is 1. The van der Waals surface area contributed by atoms with E-state index in [0.29, 0.717) is 12.1 Å². The molecule has 17 heteroatoms. The van der Waals surface area contributed by atoms with E-state index in [1.54, 1.807) is 0 Å². The van der Waals surface area contributed by atoms with Gasteiger partial charge in [-0.25, -0.2) is 17.9 Å². The second-order valence-electron chi connectivity index (χ2n) is 11.5. The summed E-state index contributed by atoms with van der Waals surface area (Å²) in [5.41, 5.74) is -4.51. The van der Waals surface area contributed by atoms with E-state index in [1.807, 2.05) is 0 Å². The molecule has 5 rings (SSSR count). The number of rotatable bonds is 8. The number of halogens is 6. The summed E-state index contributed by atoms with van der Waals surface area (Å²) in [5, 5.41) is 39.9.